The number of hydrogen-bond acceptors (Lipinski definition) is 5. The topological polar surface area (TPSA) is 75.1 Å². The summed E-state index contributed by atoms with van der Waals surface area (Å²) in [6.45, 7) is 5.70. The van der Waals surface area contributed by atoms with Crippen LogP contribution in [-0.2, 0) is 12.1 Å². The van der Waals surface area contributed by atoms with Crippen molar-refractivity contribution in [3.63, 3.8) is 0 Å². The van der Waals surface area contributed by atoms with Crippen LogP contribution in [0.15, 0.2) is 40.7 Å². The largest absolute Gasteiger partial charge is 0.454 e. The summed E-state index contributed by atoms with van der Waals surface area (Å²) in [4.78, 5) is 5.51. The van der Waals surface area contributed by atoms with Crippen molar-refractivity contribution >= 4 is 41.3 Å². The van der Waals surface area contributed by atoms with Crippen molar-refractivity contribution < 1.29 is 14.6 Å². The number of thiophene rings is 1. The van der Waals surface area contributed by atoms with Gasteiger partial charge in [-0.25, -0.2) is 4.99 Å². The van der Waals surface area contributed by atoms with E-state index in [4.69, 9.17) is 9.47 Å². The number of rotatable bonds is 6. The van der Waals surface area contributed by atoms with Gasteiger partial charge in [-0.1, -0.05) is 12.1 Å². The highest BCUT2D eigenvalue weighted by atomic mass is 127. The molecule has 0 radical (unpaired) electrons. The lowest BCUT2D eigenvalue weighted by molar-refractivity contribution is 0.0655. The van der Waals surface area contributed by atoms with Gasteiger partial charge >= 0.3 is 0 Å². The second-order valence-corrected chi connectivity index (χ2v) is 6.94. The summed E-state index contributed by atoms with van der Waals surface area (Å²) in [6, 6.07) is 9.69. The van der Waals surface area contributed by atoms with Crippen molar-refractivity contribution in [2.45, 2.75) is 26.0 Å². The van der Waals surface area contributed by atoms with Crippen molar-refractivity contribution in [2.24, 2.45) is 4.99 Å². The van der Waals surface area contributed by atoms with E-state index in [1.807, 2.05) is 42.6 Å². The highest BCUT2D eigenvalue weighted by Gasteiger charge is 2.24. The van der Waals surface area contributed by atoms with Gasteiger partial charge in [0.25, 0.3) is 0 Å². The molecule has 26 heavy (non-hydrogen) atoms. The minimum absolute atomic E-state index is 0. The molecule has 1 unspecified atom stereocenters. The Bertz CT molecular complexity index is 735. The Morgan fingerprint density at radius 3 is 2.81 bits per heavy atom. The third-order valence-electron chi connectivity index (χ3n) is 3.85. The van der Waals surface area contributed by atoms with E-state index in [1.165, 1.54) is 0 Å². The number of aliphatic hydroxyl groups is 1. The molecule has 0 aliphatic carbocycles. The van der Waals surface area contributed by atoms with Gasteiger partial charge in [-0.05, 0) is 43.0 Å². The molecule has 0 amide bonds. The van der Waals surface area contributed by atoms with Gasteiger partial charge in [-0.3, -0.25) is 0 Å². The highest BCUT2D eigenvalue weighted by molar-refractivity contribution is 14.0. The maximum atomic E-state index is 10.6. The van der Waals surface area contributed by atoms with Crippen LogP contribution < -0.4 is 20.1 Å². The van der Waals surface area contributed by atoms with E-state index in [1.54, 1.807) is 18.3 Å². The Morgan fingerprint density at radius 1 is 1.27 bits per heavy atom. The zero-order chi connectivity index (χ0) is 17.7. The van der Waals surface area contributed by atoms with Crippen LogP contribution in [0, 0.1) is 0 Å². The molecule has 1 aromatic carbocycles. The number of guanidine groups is 1. The summed E-state index contributed by atoms with van der Waals surface area (Å²) in [7, 11) is 0. The van der Waals surface area contributed by atoms with Crippen LogP contribution in [-0.4, -0.2) is 30.9 Å². The molecule has 0 saturated heterocycles. The van der Waals surface area contributed by atoms with E-state index in [0.717, 1.165) is 28.5 Å². The minimum Gasteiger partial charge on any atom is -0.454 e. The average Bonchev–Trinajstić information content (AvgIpc) is 3.28. The number of hydrogen-bond donors (Lipinski definition) is 3. The molecular weight excluding hydrogens is 465 g/mol. The molecule has 2 aromatic rings. The first kappa shape index (κ1) is 20.8. The molecule has 1 aliphatic rings. The van der Waals surface area contributed by atoms with Crippen molar-refractivity contribution in [3.8, 4) is 11.5 Å². The average molecular weight is 489 g/mol. The number of benzene rings is 1. The lowest BCUT2D eigenvalue weighted by atomic mass is 10.1. The molecule has 8 heteroatoms. The Labute approximate surface area is 174 Å². The highest BCUT2D eigenvalue weighted by Crippen LogP contribution is 2.32. The molecule has 1 aliphatic heterocycles. The monoisotopic (exact) mass is 489 g/mol. The van der Waals surface area contributed by atoms with Gasteiger partial charge in [0, 0.05) is 11.4 Å². The summed E-state index contributed by atoms with van der Waals surface area (Å²) in [5, 5.41) is 19.0. The van der Waals surface area contributed by atoms with Gasteiger partial charge in [0.05, 0.1) is 13.1 Å². The second kappa shape index (κ2) is 9.43. The predicted molar refractivity (Wildman–Crippen MR) is 115 cm³/mol. The van der Waals surface area contributed by atoms with E-state index in [2.05, 4.69) is 15.6 Å². The Hall–Kier alpha value is -1.52. The van der Waals surface area contributed by atoms with Crippen LogP contribution in [0.4, 0.5) is 0 Å². The minimum atomic E-state index is -0.941. The van der Waals surface area contributed by atoms with Gasteiger partial charge in [-0.2, -0.15) is 0 Å². The smallest absolute Gasteiger partial charge is 0.231 e. The summed E-state index contributed by atoms with van der Waals surface area (Å²) >= 11 is 1.54. The molecule has 3 N–H and O–H groups in total. The molecule has 6 nitrogen and oxygen atoms in total. The molecule has 2 heterocycles. The number of aliphatic imine (C=N–C) groups is 1. The summed E-state index contributed by atoms with van der Waals surface area (Å²) in [5.41, 5.74) is 0.0924. The number of nitrogens with one attached hydrogen (secondary N) is 2. The number of fused-ring (bicyclic) bond motifs is 1. The maximum absolute atomic E-state index is 10.6. The van der Waals surface area contributed by atoms with Crippen LogP contribution in [0.25, 0.3) is 0 Å². The zero-order valence-electron chi connectivity index (χ0n) is 14.8. The molecule has 0 saturated carbocycles. The van der Waals surface area contributed by atoms with Crippen molar-refractivity contribution in [1.29, 1.82) is 0 Å². The normalized spacial score (nSPS) is 15.1. The van der Waals surface area contributed by atoms with Crippen molar-refractivity contribution in [2.75, 3.05) is 19.9 Å². The maximum Gasteiger partial charge on any atom is 0.231 e. The van der Waals surface area contributed by atoms with E-state index in [-0.39, 0.29) is 30.8 Å². The summed E-state index contributed by atoms with van der Waals surface area (Å²) < 4.78 is 10.7. The first-order valence-corrected chi connectivity index (χ1v) is 9.13. The Morgan fingerprint density at radius 2 is 2.08 bits per heavy atom. The third-order valence-corrected chi connectivity index (χ3v) is 4.98. The van der Waals surface area contributed by atoms with Gasteiger partial charge in [0.1, 0.15) is 5.60 Å². The Balaban J connectivity index is 0.00000243. The van der Waals surface area contributed by atoms with E-state index in [0.29, 0.717) is 19.0 Å². The molecule has 1 aromatic heterocycles. The fourth-order valence-corrected chi connectivity index (χ4v) is 3.27. The van der Waals surface area contributed by atoms with Crippen LogP contribution in [0.5, 0.6) is 11.5 Å². The van der Waals surface area contributed by atoms with Crippen molar-refractivity contribution in [3.05, 3.63) is 46.2 Å². The van der Waals surface area contributed by atoms with Gasteiger partial charge in [0.2, 0.25) is 6.79 Å². The number of ether oxygens (including phenoxy) is 2. The lowest BCUT2D eigenvalue weighted by Gasteiger charge is -2.23. The number of halogens is 1. The molecular formula is C18H24IN3O3S. The fraction of sp³-hybridized carbons (Fsp3) is 0.389. The van der Waals surface area contributed by atoms with Gasteiger partial charge in [0.15, 0.2) is 17.5 Å². The molecule has 0 fully saturated rings. The summed E-state index contributed by atoms with van der Waals surface area (Å²) in [5.74, 6) is 2.19. The first-order chi connectivity index (χ1) is 12.1. The van der Waals surface area contributed by atoms with Gasteiger partial charge in [-0.15, -0.1) is 35.3 Å². The molecule has 142 valence electrons. The fourth-order valence-electron chi connectivity index (χ4n) is 2.48. The third kappa shape index (κ3) is 5.24. The molecule has 0 spiro atoms. The SMILES string of the molecule is CCNC(=NCc1ccc2c(c1)OCO2)NCC(C)(O)c1cccs1.I. The van der Waals surface area contributed by atoms with E-state index in [9.17, 15) is 5.11 Å². The predicted octanol–water partition coefficient (Wildman–Crippen LogP) is 3.06. The van der Waals surface area contributed by atoms with Crippen LogP contribution >= 0.6 is 35.3 Å². The zero-order valence-corrected chi connectivity index (χ0v) is 18.0. The van der Waals surface area contributed by atoms with Gasteiger partial charge < -0.3 is 25.2 Å². The quantitative estimate of drug-likeness (QED) is 0.331. The van der Waals surface area contributed by atoms with E-state index < -0.39 is 5.60 Å². The first-order valence-electron chi connectivity index (χ1n) is 8.25. The van der Waals surface area contributed by atoms with Crippen molar-refractivity contribution in [1.82, 2.24) is 10.6 Å². The number of nitrogens with zero attached hydrogens (tertiary/aromatic N) is 1. The molecule has 3 rings (SSSR count). The van der Waals surface area contributed by atoms with Crippen LogP contribution in [0.3, 0.4) is 0 Å². The Kier molecular flexibility index (Phi) is 7.54. The molecule has 1 atom stereocenters. The van der Waals surface area contributed by atoms with Crippen LogP contribution in [0.1, 0.15) is 24.3 Å². The summed E-state index contributed by atoms with van der Waals surface area (Å²) in [6.07, 6.45) is 0. The molecule has 0 bridgehead atoms. The van der Waals surface area contributed by atoms with E-state index >= 15 is 0 Å². The second-order valence-electron chi connectivity index (χ2n) is 5.99. The van der Waals surface area contributed by atoms with Crippen LogP contribution in [0.2, 0.25) is 0 Å². The lowest BCUT2D eigenvalue weighted by Crippen LogP contribution is -2.44. The standard InChI is InChI=1S/C18H23N3O3S.HI/c1-3-19-17(21-11-18(2,22)16-5-4-8-25-16)20-10-13-6-7-14-15(9-13)24-12-23-14;/h4-9,22H,3,10-12H2,1-2H3,(H2,19,20,21);1H.